The topological polar surface area (TPSA) is 50.8 Å². The number of piperazine rings is 1. The fraction of sp³-hybridized carbons (Fsp3) is 0.562. The molecule has 1 heterocycles. The third kappa shape index (κ3) is 5.02. The van der Waals surface area contributed by atoms with Crippen LogP contribution in [0.5, 0.6) is 5.75 Å². The molecule has 0 bridgehead atoms. The summed E-state index contributed by atoms with van der Waals surface area (Å²) in [6.45, 7) is 9.15. The Morgan fingerprint density at radius 2 is 1.90 bits per heavy atom. The Bertz CT molecular complexity index is 450. The molecule has 116 valence electrons. The van der Waals surface area contributed by atoms with Gasteiger partial charge in [0, 0.05) is 32.7 Å². The van der Waals surface area contributed by atoms with Crippen molar-refractivity contribution in [3.8, 4) is 5.75 Å². The highest BCUT2D eigenvalue weighted by Gasteiger charge is 2.11. The molecule has 0 aliphatic carbocycles. The molecule has 1 aliphatic heterocycles. The lowest BCUT2D eigenvalue weighted by molar-refractivity contribution is -0.146. The van der Waals surface area contributed by atoms with Gasteiger partial charge in [-0.2, -0.15) is 0 Å². The number of carbonyl (C=O) groups is 1. The maximum atomic E-state index is 11.7. The smallest absolute Gasteiger partial charge is 0.344 e. The van der Waals surface area contributed by atoms with Crippen LogP contribution in [0.25, 0.3) is 0 Å². The van der Waals surface area contributed by atoms with Crippen molar-refractivity contribution in [2.75, 3.05) is 45.9 Å². The number of aryl methyl sites for hydroxylation is 2. The SMILES string of the molecule is Cc1cccc(C)c1OCC(=O)OCCN1CCNCC1. The Balaban J connectivity index is 1.67. The number of esters is 1. The number of ether oxygens (including phenoxy) is 2. The number of benzene rings is 1. The van der Waals surface area contributed by atoms with Crippen LogP contribution in [0.3, 0.4) is 0 Å². The van der Waals surface area contributed by atoms with Gasteiger partial charge in [0.2, 0.25) is 0 Å². The Labute approximate surface area is 126 Å². The molecular formula is C16H24N2O3. The van der Waals surface area contributed by atoms with Gasteiger partial charge in [0.15, 0.2) is 6.61 Å². The molecule has 1 aliphatic rings. The zero-order valence-electron chi connectivity index (χ0n) is 12.9. The van der Waals surface area contributed by atoms with Crippen LogP contribution < -0.4 is 10.1 Å². The van der Waals surface area contributed by atoms with Gasteiger partial charge in [-0.15, -0.1) is 0 Å². The second-order valence-corrected chi connectivity index (χ2v) is 5.32. The zero-order chi connectivity index (χ0) is 15.1. The van der Waals surface area contributed by atoms with E-state index in [1.54, 1.807) is 0 Å². The Morgan fingerprint density at radius 3 is 2.57 bits per heavy atom. The average Bonchev–Trinajstić information content (AvgIpc) is 2.48. The van der Waals surface area contributed by atoms with Crippen LogP contribution in [0.4, 0.5) is 0 Å². The van der Waals surface area contributed by atoms with E-state index < -0.39 is 0 Å². The van der Waals surface area contributed by atoms with Gasteiger partial charge < -0.3 is 14.8 Å². The van der Waals surface area contributed by atoms with Crippen LogP contribution in [-0.2, 0) is 9.53 Å². The lowest BCUT2D eigenvalue weighted by Gasteiger charge is -2.26. The molecule has 1 N–H and O–H groups in total. The summed E-state index contributed by atoms with van der Waals surface area (Å²) in [6, 6.07) is 5.92. The van der Waals surface area contributed by atoms with Gasteiger partial charge in [-0.25, -0.2) is 4.79 Å². The molecule has 1 aromatic carbocycles. The molecule has 0 spiro atoms. The van der Waals surface area contributed by atoms with Crippen LogP contribution in [-0.4, -0.2) is 56.8 Å². The molecule has 1 saturated heterocycles. The highest BCUT2D eigenvalue weighted by atomic mass is 16.6. The molecular weight excluding hydrogens is 268 g/mol. The summed E-state index contributed by atoms with van der Waals surface area (Å²) in [6.07, 6.45) is 0. The van der Waals surface area contributed by atoms with E-state index in [0.29, 0.717) is 6.61 Å². The molecule has 0 atom stereocenters. The quantitative estimate of drug-likeness (QED) is 0.797. The third-order valence-electron chi connectivity index (χ3n) is 3.62. The number of nitrogens with one attached hydrogen (secondary N) is 1. The molecule has 0 radical (unpaired) electrons. The summed E-state index contributed by atoms with van der Waals surface area (Å²) < 4.78 is 10.8. The van der Waals surface area contributed by atoms with E-state index in [9.17, 15) is 4.79 Å². The van der Waals surface area contributed by atoms with Crippen molar-refractivity contribution < 1.29 is 14.3 Å². The van der Waals surface area contributed by atoms with Gasteiger partial charge in [-0.3, -0.25) is 4.90 Å². The minimum Gasteiger partial charge on any atom is -0.481 e. The number of hydrogen-bond donors (Lipinski definition) is 1. The second-order valence-electron chi connectivity index (χ2n) is 5.32. The summed E-state index contributed by atoms with van der Waals surface area (Å²) in [5.74, 6) is 0.462. The second kappa shape index (κ2) is 8.00. The molecule has 0 unspecified atom stereocenters. The van der Waals surface area contributed by atoms with Gasteiger partial charge in [0.25, 0.3) is 0 Å². The van der Waals surface area contributed by atoms with Gasteiger partial charge in [-0.1, -0.05) is 18.2 Å². The molecule has 1 aromatic rings. The van der Waals surface area contributed by atoms with Crippen LogP contribution >= 0.6 is 0 Å². The first-order valence-electron chi connectivity index (χ1n) is 7.44. The summed E-state index contributed by atoms with van der Waals surface area (Å²) >= 11 is 0. The van der Waals surface area contributed by atoms with E-state index in [0.717, 1.165) is 49.6 Å². The van der Waals surface area contributed by atoms with Crippen LogP contribution in [0.2, 0.25) is 0 Å². The van der Waals surface area contributed by atoms with Gasteiger partial charge in [-0.05, 0) is 25.0 Å². The van der Waals surface area contributed by atoms with E-state index in [1.165, 1.54) is 0 Å². The first-order valence-corrected chi connectivity index (χ1v) is 7.44. The number of carbonyl (C=O) groups excluding carboxylic acids is 1. The molecule has 21 heavy (non-hydrogen) atoms. The van der Waals surface area contributed by atoms with Crippen LogP contribution in [0.15, 0.2) is 18.2 Å². The van der Waals surface area contributed by atoms with Crippen molar-refractivity contribution >= 4 is 5.97 Å². The van der Waals surface area contributed by atoms with E-state index in [2.05, 4.69) is 10.2 Å². The van der Waals surface area contributed by atoms with Gasteiger partial charge in [0.05, 0.1) is 0 Å². The van der Waals surface area contributed by atoms with Crippen molar-refractivity contribution in [3.05, 3.63) is 29.3 Å². The average molecular weight is 292 g/mol. The fourth-order valence-electron chi connectivity index (χ4n) is 2.42. The summed E-state index contributed by atoms with van der Waals surface area (Å²) in [4.78, 5) is 14.0. The van der Waals surface area contributed by atoms with Crippen molar-refractivity contribution in [1.29, 1.82) is 0 Å². The van der Waals surface area contributed by atoms with Crippen LogP contribution in [0, 0.1) is 13.8 Å². The summed E-state index contributed by atoms with van der Waals surface area (Å²) in [5.41, 5.74) is 2.06. The van der Waals surface area contributed by atoms with Gasteiger partial charge in [0.1, 0.15) is 12.4 Å². The fourth-order valence-corrected chi connectivity index (χ4v) is 2.42. The van der Waals surface area contributed by atoms with E-state index in [1.807, 2.05) is 32.0 Å². The standard InChI is InChI=1S/C16H24N2O3/c1-13-4-3-5-14(2)16(13)21-12-15(19)20-11-10-18-8-6-17-7-9-18/h3-5,17H,6-12H2,1-2H3. The first kappa shape index (κ1) is 15.8. The monoisotopic (exact) mass is 292 g/mol. The predicted molar refractivity (Wildman–Crippen MR) is 81.7 cm³/mol. The predicted octanol–water partition coefficient (Wildman–Crippen LogP) is 1.13. The van der Waals surface area contributed by atoms with Gasteiger partial charge >= 0.3 is 5.97 Å². The molecule has 0 saturated carbocycles. The first-order chi connectivity index (χ1) is 10.2. The Kier molecular flexibility index (Phi) is 6.02. The number of hydrogen-bond acceptors (Lipinski definition) is 5. The minimum atomic E-state index is -0.312. The molecule has 0 amide bonds. The summed E-state index contributed by atoms with van der Waals surface area (Å²) in [7, 11) is 0. The van der Waals surface area contributed by atoms with Crippen molar-refractivity contribution in [3.63, 3.8) is 0 Å². The number of para-hydroxylation sites is 1. The maximum absolute atomic E-state index is 11.7. The highest BCUT2D eigenvalue weighted by Crippen LogP contribution is 2.22. The van der Waals surface area contributed by atoms with E-state index >= 15 is 0 Å². The largest absolute Gasteiger partial charge is 0.481 e. The van der Waals surface area contributed by atoms with E-state index in [4.69, 9.17) is 9.47 Å². The zero-order valence-corrected chi connectivity index (χ0v) is 12.9. The number of nitrogens with zero attached hydrogens (tertiary/aromatic N) is 1. The van der Waals surface area contributed by atoms with Crippen LogP contribution in [0.1, 0.15) is 11.1 Å². The summed E-state index contributed by atoms with van der Waals surface area (Å²) in [5, 5.41) is 3.29. The molecule has 5 heteroatoms. The highest BCUT2D eigenvalue weighted by molar-refractivity contribution is 5.71. The van der Waals surface area contributed by atoms with Crippen molar-refractivity contribution in [1.82, 2.24) is 10.2 Å². The molecule has 5 nitrogen and oxygen atoms in total. The van der Waals surface area contributed by atoms with Crippen molar-refractivity contribution in [2.24, 2.45) is 0 Å². The third-order valence-corrected chi connectivity index (χ3v) is 3.62. The lowest BCUT2D eigenvalue weighted by Crippen LogP contribution is -2.44. The van der Waals surface area contributed by atoms with E-state index in [-0.39, 0.29) is 12.6 Å². The van der Waals surface area contributed by atoms with Crippen molar-refractivity contribution in [2.45, 2.75) is 13.8 Å². The molecule has 1 fully saturated rings. The lowest BCUT2D eigenvalue weighted by atomic mass is 10.1. The normalized spacial score (nSPS) is 15.7. The minimum absolute atomic E-state index is 0.0345. The number of rotatable bonds is 6. The molecule has 2 rings (SSSR count). The Hall–Kier alpha value is -1.59. The Morgan fingerprint density at radius 1 is 1.24 bits per heavy atom. The maximum Gasteiger partial charge on any atom is 0.344 e. The molecule has 0 aromatic heterocycles.